The van der Waals surface area contributed by atoms with E-state index < -0.39 is 39.2 Å². The maximum Gasteiger partial charge on any atom is 0.409 e. The van der Waals surface area contributed by atoms with Crippen molar-refractivity contribution in [3.8, 4) is 17.2 Å². The molecule has 5 rings (SSSR count). The topological polar surface area (TPSA) is 170 Å². The van der Waals surface area contributed by atoms with Gasteiger partial charge in [0.05, 0.1) is 28.9 Å². The van der Waals surface area contributed by atoms with E-state index in [1.54, 1.807) is 67.4 Å². The standard InChI is InChI=1S/C36H42N4O8S/c1-6-46-31-19-24(9-13-30(31)47-21(2)3)33(48-26-11-12-27-23(18-26)15-16-38-34(27)37)35(41)40-17-7-8-29(40)28-20-25(39-36(42)43)10-14-32(28)49(44,45)22(4)5/h9-16,18-22,29,33,39H,6-8,17H2,1-5H3,(H2,37,38)(H,42,43)/t29-,33+/m1/s1. The van der Waals surface area contributed by atoms with Crippen LogP contribution in [0.25, 0.3) is 10.8 Å². The molecule has 1 aromatic heterocycles. The zero-order chi connectivity index (χ0) is 35.5. The second-order valence-electron chi connectivity index (χ2n) is 12.3. The summed E-state index contributed by atoms with van der Waals surface area (Å²) in [6, 6.07) is 15.9. The Morgan fingerprint density at radius 2 is 1.80 bits per heavy atom. The van der Waals surface area contributed by atoms with Gasteiger partial charge in [0.15, 0.2) is 21.3 Å². The van der Waals surface area contributed by atoms with Crippen LogP contribution >= 0.6 is 0 Å². The lowest BCUT2D eigenvalue weighted by Crippen LogP contribution is -2.37. The van der Waals surface area contributed by atoms with E-state index in [4.69, 9.17) is 19.9 Å². The summed E-state index contributed by atoms with van der Waals surface area (Å²) in [4.78, 5) is 32.1. The third-order valence-electron chi connectivity index (χ3n) is 8.26. The average molecular weight is 691 g/mol. The van der Waals surface area contributed by atoms with Crippen molar-refractivity contribution >= 4 is 44.1 Å². The first-order chi connectivity index (χ1) is 23.3. The number of anilines is 2. The minimum atomic E-state index is -3.80. The molecule has 1 saturated heterocycles. The van der Waals surface area contributed by atoms with Crippen LogP contribution in [0.3, 0.4) is 0 Å². The van der Waals surface area contributed by atoms with Crippen LogP contribution in [-0.4, -0.2) is 59.9 Å². The summed E-state index contributed by atoms with van der Waals surface area (Å²) >= 11 is 0. The zero-order valence-corrected chi connectivity index (χ0v) is 29.0. The van der Waals surface area contributed by atoms with Crippen molar-refractivity contribution in [3.63, 3.8) is 0 Å². The van der Waals surface area contributed by atoms with Gasteiger partial charge in [0.2, 0.25) is 6.10 Å². The Morgan fingerprint density at radius 3 is 2.49 bits per heavy atom. The Hall–Kier alpha value is -5.04. The first-order valence-corrected chi connectivity index (χ1v) is 17.8. The first kappa shape index (κ1) is 35.3. The number of carboxylic acid groups (broad SMARTS) is 1. The Balaban J connectivity index is 1.61. The number of carbonyl (C=O) groups excluding carboxylic acids is 1. The molecule has 49 heavy (non-hydrogen) atoms. The van der Waals surface area contributed by atoms with Crippen LogP contribution in [0.1, 0.15) is 70.7 Å². The number of carbonyl (C=O) groups is 2. The quantitative estimate of drug-likeness (QED) is 0.144. The van der Waals surface area contributed by atoms with Crippen molar-refractivity contribution in [1.29, 1.82) is 0 Å². The molecule has 2 amide bonds. The van der Waals surface area contributed by atoms with Gasteiger partial charge in [-0.3, -0.25) is 10.1 Å². The number of hydrogen-bond donors (Lipinski definition) is 3. The molecule has 0 unspecified atom stereocenters. The van der Waals surface area contributed by atoms with Gasteiger partial charge in [-0.05, 0) is 113 Å². The average Bonchev–Trinajstić information content (AvgIpc) is 3.54. The summed E-state index contributed by atoms with van der Waals surface area (Å²) in [7, 11) is -3.80. The highest BCUT2D eigenvalue weighted by Crippen LogP contribution is 2.41. The van der Waals surface area contributed by atoms with Crippen LogP contribution in [0.5, 0.6) is 17.2 Å². The smallest absolute Gasteiger partial charge is 0.409 e. The minimum Gasteiger partial charge on any atom is -0.490 e. The van der Waals surface area contributed by atoms with Crippen molar-refractivity contribution < 1.29 is 37.3 Å². The van der Waals surface area contributed by atoms with E-state index in [1.165, 1.54) is 18.2 Å². The molecule has 12 nitrogen and oxygen atoms in total. The van der Waals surface area contributed by atoms with Gasteiger partial charge in [0.1, 0.15) is 11.6 Å². The van der Waals surface area contributed by atoms with E-state index in [2.05, 4.69) is 10.3 Å². The first-order valence-electron chi connectivity index (χ1n) is 16.2. The number of nitrogens with two attached hydrogens (primary N) is 1. The van der Waals surface area contributed by atoms with E-state index in [1.807, 2.05) is 20.8 Å². The molecule has 0 saturated carbocycles. The fourth-order valence-electron chi connectivity index (χ4n) is 5.98. The van der Waals surface area contributed by atoms with Crippen LogP contribution in [0.4, 0.5) is 16.3 Å². The summed E-state index contributed by atoms with van der Waals surface area (Å²) in [6.45, 7) is 9.52. The summed E-state index contributed by atoms with van der Waals surface area (Å²) in [6.07, 6.45) is 0.0664. The number of ether oxygens (including phenoxy) is 3. The summed E-state index contributed by atoms with van der Waals surface area (Å²) < 4.78 is 45.5. The fraction of sp³-hybridized carbons (Fsp3) is 0.361. The number of nitrogens with zero attached hydrogens (tertiary/aromatic N) is 2. The Morgan fingerprint density at radius 1 is 1.02 bits per heavy atom. The number of nitrogens with one attached hydrogen (secondary N) is 1. The molecule has 0 radical (unpaired) electrons. The Labute approximate surface area is 286 Å². The van der Waals surface area contributed by atoms with Crippen LogP contribution in [0.15, 0.2) is 71.8 Å². The van der Waals surface area contributed by atoms with E-state index in [0.717, 1.165) is 10.8 Å². The SMILES string of the molecule is CCOc1cc([C@H](Oc2ccc3c(N)nccc3c2)C(=O)N2CCC[C@@H]2c2cc(NC(=O)O)ccc2S(=O)(=O)C(C)C)ccc1OC(C)C. The lowest BCUT2D eigenvalue weighted by molar-refractivity contribution is -0.140. The van der Waals surface area contributed by atoms with Gasteiger partial charge in [-0.1, -0.05) is 6.07 Å². The molecule has 2 atom stereocenters. The van der Waals surface area contributed by atoms with Crippen LogP contribution in [0, 0.1) is 0 Å². The summed E-state index contributed by atoms with van der Waals surface area (Å²) in [5.41, 5.74) is 7.11. The Bertz CT molecular complexity index is 1960. The summed E-state index contributed by atoms with van der Waals surface area (Å²) in [5.74, 6) is 1.34. The van der Waals surface area contributed by atoms with Crippen LogP contribution in [-0.2, 0) is 14.6 Å². The fourth-order valence-corrected chi connectivity index (χ4v) is 7.27. The lowest BCUT2D eigenvalue weighted by Gasteiger charge is -2.31. The van der Waals surface area contributed by atoms with Crippen molar-refractivity contribution in [3.05, 3.63) is 78.0 Å². The predicted octanol–water partition coefficient (Wildman–Crippen LogP) is 6.76. The maximum atomic E-state index is 14.8. The molecule has 1 fully saturated rings. The number of hydrogen-bond acceptors (Lipinski definition) is 9. The van der Waals surface area contributed by atoms with Gasteiger partial charge in [-0.25, -0.2) is 18.2 Å². The molecule has 0 aliphatic carbocycles. The van der Waals surface area contributed by atoms with E-state index >= 15 is 0 Å². The van der Waals surface area contributed by atoms with E-state index in [0.29, 0.717) is 60.2 Å². The lowest BCUT2D eigenvalue weighted by atomic mass is 10.0. The molecular formula is C36H42N4O8S. The molecule has 0 spiro atoms. The van der Waals surface area contributed by atoms with Crippen LogP contribution in [0.2, 0.25) is 0 Å². The number of likely N-dealkylation sites (tertiary alicyclic amines) is 1. The zero-order valence-electron chi connectivity index (χ0n) is 28.2. The van der Waals surface area contributed by atoms with Gasteiger partial charge in [-0.15, -0.1) is 0 Å². The molecule has 4 N–H and O–H groups in total. The monoisotopic (exact) mass is 690 g/mol. The predicted molar refractivity (Wildman–Crippen MR) is 187 cm³/mol. The molecule has 4 aromatic rings. The second kappa shape index (κ2) is 14.6. The number of nitrogen functional groups attached to an aromatic ring is 1. The van der Waals surface area contributed by atoms with Crippen LogP contribution < -0.4 is 25.3 Å². The van der Waals surface area contributed by atoms with Gasteiger partial charge < -0.3 is 30.0 Å². The third-order valence-corrected chi connectivity index (χ3v) is 10.5. The summed E-state index contributed by atoms with van der Waals surface area (Å²) in [5, 5.41) is 12.5. The van der Waals surface area contributed by atoms with Gasteiger partial charge in [0, 0.05) is 29.4 Å². The number of pyridine rings is 1. The van der Waals surface area contributed by atoms with Gasteiger partial charge >= 0.3 is 6.09 Å². The van der Waals surface area contributed by atoms with E-state index in [-0.39, 0.29) is 16.7 Å². The molecule has 2 heterocycles. The highest BCUT2D eigenvalue weighted by atomic mass is 32.2. The van der Waals surface area contributed by atoms with Crippen molar-refractivity contribution in [2.75, 3.05) is 24.2 Å². The number of sulfone groups is 1. The van der Waals surface area contributed by atoms with Crippen molar-refractivity contribution in [2.24, 2.45) is 0 Å². The normalized spacial score (nSPS) is 15.4. The molecule has 1 aliphatic rings. The van der Waals surface area contributed by atoms with Gasteiger partial charge in [0.25, 0.3) is 5.91 Å². The Kier molecular flexibility index (Phi) is 10.5. The molecule has 260 valence electrons. The molecule has 0 bridgehead atoms. The number of benzene rings is 3. The second-order valence-corrected chi connectivity index (χ2v) is 14.8. The van der Waals surface area contributed by atoms with Gasteiger partial charge in [-0.2, -0.15) is 0 Å². The maximum absolute atomic E-state index is 14.8. The largest absolute Gasteiger partial charge is 0.490 e. The van der Waals surface area contributed by atoms with Crippen molar-refractivity contribution in [1.82, 2.24) is 9.88 Å². The van der Waals surface area contributed by atoms with Crippen molar-refractivity contribution in [2.45, 2.75) is 75.9 Å². The molecule has 13 heteroatoms. The third kappa shape index (κ3) is 7.67. The highest BCUT2D eigenvalue weighted by molar-refractivity contribution is 7.92. The molecule has 3 aromatic carbocycles. The number of fused-ring (bicyclic) bond motifs is 1. The minimum absolute atomic E-state index is 0.0511. The highest BCUT2D eigenvalue weighted by Gasteiger charge is 2.39. The number of rotatable bonds is 12. The number of amides is 2. The molecular weight excluding hydrogens is 648 g/mol. The molecule has 1 aliphatic heterocycles. The number of aromatic nitrogens is 1. The van der Waals surface area contributed by atoms with E-state index in [9.17, 15) is 23.1 Å².